The molecule has 0 saturated heterocycles. The molecule has 130 valence electrons. The molecule has 4 aromatic rings. The third-order valence-corrected chi connectivity index (χ3v) is 5.92. The minimum Gasteiger partial charge on any atom is -0.238 e. The van der Waals surface area contributed by atoms with Gasteiger partial charge in [-0.15, -0.1) is 33.3 Å². The summed E-state index contributed by atoms with van der Waals surface area (Å²) in [6.07, 6.45) is 0.970. The van der Waals surface area contributed by atoms with E-state index in [1.807, 2.05) is 13.0 Å². The molecular formula is C20H16FN3S2. The molecule has 0 amide bonds. The van der Waals surface area contributed by atoms with Crippen molar-refractivity contribution in [1.29, 1.82) is 0 Å². The van der Waals surface area contributed by atoms with E-state index in [9.17, 15) is 4.39 Å². The molecule has 0 unspecified atom stereocenters. The Bertz CT molecular complexity index is 1030. The largest absolute Gasteiger partial charge is 0.238 e. The van der Waals surface area contributed by atoms with Gasteiger partial charge in [0.05, 0.1) is 9.71 Å². The van der Waals surface area contributed by atoms with Crippen LogP contribution >= 0.6 is 23.1 Å². The quantitative estimate of drug-likeness (QED) is 0.426. The molecule has 2 aromatic carbocycles. The van der Waals surface area contributed by atoms with Crippen LogP contribution in [0.3, 0.4) is 0 Å². The lowest BCUT2D eigenvalue weighted by Crippen LogP contribution is -1.94. The van der Waals surface area contributed by atoms with Gasteiger partial charge in [0.1, 0.15) is 22.1 Å². The van der Waals surface area contributed by atoms with E-state index in [1.54, 1.807) is 35.2 Å². The van der Waals surface area contributed by atoms with Gasteiger partial charge in [-0.25, -0.2) is 9.37 Å². The minimum absolute atomic E-state index is 0.258. The van der Waals surface area contributed by atoms with Crippen molar-refractivity contribution in [2.45, 2.75) is 18.4 Å². The Morgan fingerprint density at radius 2 is 1.77 bits per heavy atom. The number of fused-ring (bicyclic) bond motifs is 1. The van der Waals surface area contributed by atoms with Gasteiger partial charge in [-0.05, 0) is 43.2 Å². The van der Waals surface area contributed by atoms with Crippen LogP contribution in [0.15, 0.2) is 59.6 Å². The molecule has 2 heterocycles. The molecule has 26 heavy (non-hydrogen) atoms. The van der Waals surface area contributed by atoms with Gasteiger partial charge in [0.25, 0.3) is 0 Å². The highest BCUT2D eigenvalue weighted by Crippen LogP contribution is 2.35. The molecule has 0 N–H and O–H groups in total. The summed E-state index contributed by atoms with van der Waals surface area (Å²) in [6, 6.07) is 16.8. The minimum atomic E-state index is -0.258. The number of rotatable bonds is 5. The summed E-state index contributed by atoms with van der Waals surface area (Å²) in [7, 11) is 0. The topological polar surface area (TPSA) is 38.7 Å². The molecule has 4 rings (SSSR count). The van der Waals surface area contributed by atoms with Gasteiger partial charge in [-0.1, -0.05) is 30.3 Å². The molecule has 0 atom stereocenters. The van der Waals surface area contributed by atoms with Gasteiger partial charge in [0.15, 0.2) is 0 Å². The number of aromatic nitrogens is 3. The number of nitrogens with zero attached hydrogens (tertiary/aromatic N) is 3. The van der Waals surface area contributed by atoms with Crippen molar-refractivity contribution in [1.82, 2.24) is 15.2 Å². The van der Waals surface area contributed by atoms with Gasteiger partial charge in [0, 0.05) is 11.3 Å². The maximum Gasteiger partial charge on any atom is 0.146 e. The normalized spacial score (nSPS) is 11.2. The number of hydrogen-bond donors (Lipinski definition) is 0. The highest BCUT2D eigenvalue weighted by Gasteiger charge is 2.15. The third-order valence-electron chi connectivity index (χ3n) is 3.98. The Morgan fingerprint density at radius 1 is 1.00 bits per heavy atom. The van der Waals surface area contributed by atoms with Crippen LogP contribution in [-0.2, 0) is 6.42 Å². The van der Waals surface area contributed by atoms with Crippen LogP contribution in [0.4, 0.5) is 4.39 Å². The van der Waals surface area contributed by atoms with Crippen molar-refractivity contribution >= 4 is 33.3 Å². The molecule has 6 heteroatoms. The summed E-state index contributed by atoms with van der Waals surface area (Å²) in [5, 5.41) is 10.7. The molecule has 0 fully saturated rings. The Labute approximate surface area is 159 Å². The first-order valence-corrected chi connectivity index (χ1v) is 10.1. The fourth-order valence-electron chi connectivity index (χ4n) is 2.72. The average molecular weight is 382 g/mol. The molecule has 0 aliphatic heterocycles. The van der Waals surface area contributed by atoms with Crippen molar-refractivity contribution in [3.05, 3.63) is 71.0 Å². The van der Waals surface area contributed by atoms with Crippen LogP contribution in [0.1, 0.15) is 10.6 Å². The molecule has 0 saturated carbocycles. The van der Waals surface area contributed by atoms with Crippen molar-refractivity contribution < 1.29 is 4.39 Å². The zero-order chi connectivity index (χ0) is 17.9. The fraction of sp³-hybridized carbons (Fsp3) is 0.150. The van der Waals surface area contributed by atoms with Crippen LogP contribution in [0, 0.1) is 12.7 Å². The molecule has 0 radical (unpaired) electrons. The monoisotopic (exact) mass is 381 g/mol. The zero-order valence-corrected chi connectivity index (χ0v) is 15.8. The zero-order valence-electron chi connectivity index (χ0n) is 14.1. The van der Waals surface area contributed by atoms with Crippen LogP contribution in [-0.4, -0.2) is 20.9 Å². The van der Waals surface area contributed by atoms with E-state index in [0.717, 1.165) is 43.7 Å². The summed E-state index contributed by atoms with van der Waals surface area (Å²) >= 11 is 3.28. The lowest BCUT2D eigenvalue weighted by molar-refractivity contribution is 0.628. The van der Waals surface area contributed by atoms with Crippen molar-refractivity contribution in [2.75, 3.05) is 5.75 Å². The highest BCUT2D eigenvalue weighted by atomic mass is 32.2. The Hall–Kier alpha value is -2.31. The predicted octanol–water partition coefficient (Wildman–Crippen LogP) is 5.54. The number of thiazole rings is 1. The molecule has 2 aromatic heterocycles. The lowest BCUT2D eigenvalue weighted by Gasteiger charge is -2.05. The second-order valence-electron chi connectivity index (χ2n) is 5.86. The van der Waals surface area contributed by atoms with E-state index in [4.69, 9.17) is 0 Å². The summed E-state index contributed by atoms with van der Waals surface area (Å²) < 4.78 is 14.2. The maximum atomic E-state index is 13.2. The molecule has 0 bridgehead atoms. The predicted molar refractivity (Wildman–Crippen MR) is 106 cm³/mol. The summed E-state index contributed by atoms with van der Waals surface area (Å²) in [5.41, 5.74) is 3.81. The van der Waals surface area contributed by atoms with Gasteiger partial charge < -0.3 is 0 Å². The number of thioether (sulfide) groups is 1. The Balaban J connectivity index is 1.62. The number of benzene rings is 2. The average Bonchev–Trinajstić information content (AvgIpc) is 3.05. The van der Waals surface area contributed by atoms with E-state index in [2.05, 4.69) is 39.4 Å². The van der Waals surface area contributed by atoms with Gasteiger partial charge in [0.2, 0.25) is 0 Å². The molecular weight excluding hydrogens is 365 g/mol. The van der Waals surface area contributed by atoms with Gasteiger partial charge >= 0.3 is 0 Å². The first-order valence-electron chi connectivity index (χ1n) is 8.27. The molecule has 0 spiro atoms. The highest BCUT2D eigenvalue weighted by molar-refractivity contribution is 7.99. The summed E-state index contributed by atoms with van der Waals surface area (Å²) in [5.74, 6) is 0.659. The third kappa shape index (κ3) is 3.61. The van der Waals surface area contributed by atoms with Gasteiger partial charge in [-0.2, -0.15) is 0 Å². The van der Waals surface area contributed by atoms with E-state index in [-0.39, 0.29) is 5.82 Å². The standard InChI is InChI=1S/C20H16FN3S2/c1-13-22-18-19(26-13)17(15-7-9-16(21)10-8-15)23-24-20(18)25-12-11-14-5-3-2-4-6-14/h2-10H,11-12H2,1H3. The molecule has 3 nitrogen and oxygen atoms in total. The van der Waals surface area contributed by atoms with Crippen LogP contribution < -0.4 is 0 Å². The number of hydrogen-bond acceptors (Lipinski definition) is 5. The summed E-state index contributed by atoms with van der Waals surface area (Å²) in [6.45, 7) is 1.98. The maximum absolute atomic E-state index is 13.2. The van der Waals surface area contributed by atoms with E-state index < -0.39 is 0 Å². The van der Waals surface area contributed by atoms with Crippen LogP contribution in [0.2, 0.25) is 0 Å². The molecule has 0 aliphatic rings. The second kappa shape index (κ2) is 7.51. The molecule has 0 aliphatic carbocycles. The van der Waals surface area contributed by atoms with Crippen LogP contribution in [0.5, 0.6) is 0 Å². The fourth-order valence-corrected chi connectivity index (χ4v) is 4.63. The van der Waals surface area contributed by atoms with E-state index in [0.29, 0.717) is 0 Å². The van der Waals surface area contributed by atoms with Gasteiger partial charge in [-0.3, -0.25) is 0 Å². The SMILES string of the molecule is Cc1nc2c(SCCc3ccccc3)nnc(-c3ccc(F)cc3)c2s1. The number of aryl methyl sites for hydroxylation is 2. The van der Waals surface area contributed by atoms with Crippen molar-refractivity contribution in [3.8, 4) is 11.3 Å². The smallest absolute Gasteiger partial charge is 0.146 e. The Kier molecular flexibility index (Phi) is 4.95. The first kappa shape index (κ1) is 17.1. The van der Waals surface area contributed by atoms with Crippen molar-refractivity contribution in [2.24, 2.45) is 0 Å². The lowest BCUT2D eigenvalue weighted by atomic mass is 10.1. The first-order chi connectivity index (χ1) is 12.7. The summed E-state index contributed by atoms with van der Waals surface area (Å²) in [4.78, 5) is 4.66. The Morgan fingerprint density at radius 3 is 2.54 bits per heavy atom. The van der Waals surface area contributed by atoms with E-state index >= 15 is 0 Å². The van der Waals surface area contributed by atoms with Crippen molar-refractivity contribution in [3.63, 3.8) is 0 Å². The second-order valence-corrected chi connectivity index (χ2v) is 8.14. The number of halogens is 1. The van der Waals surface area contributed by atoms with E-state index in [1.165, 1.54) is 17.7 Å². The van der Waals surface area contributed by atoms with Crippen LogP contribution in [0.25, 0.3) is 21.5 Å².